The van der Waals surface area contributed by atoms with Crippen LogP contribution >= 0.6 is 11.8 Å². The van der Waals surface area contributed by atoms with Gasteiger partial charge >= 0.3 is 0 Å². The van der Waals surface area contributed by atoms with Crippen LogP contribution in [-0.2, 0) is 5.75 Å². The van der Waals surface area contributed by atoms with E-state index in [4.69, 9.17) is 0 Å². The van der Waals surface area contributed by atoms with Gasteiger partial charge in [0.15, 0.2) is 0 Å². The highest BCUT2D eigenvalue weighted by atomic mass is 32.2. The summed E-state index contributed by atoms with van der Waals surface area (Å²) in [5.41, 5.74) is 2.87. The second-order valence-corrected chi connectivity index (χ2v) is 7.90. The maximum atomic E-state index is 12.8. The van der Waals surface area contributed by atoms with E-state index in [1.807, 2.05) is 42.6 Å². The minimum absolute atomic E-state index is 0.00270. The standard InChI is InChI=1S/C22H23N3OS/c26-21(25-17-7-2-1-3-8-17)19-10-6-13-24-22(19)27-15-16-12-14-23-20-11-5-4-9-18(16)20/h4-6,9-14,17H,1-3,7-8,15H2,(H,25,26). The predicted octanol–water partition coefficient (Wildman–Crippen LogP) is 4.98. The first-order chi connectivity index (χ1) is 13.3. The summed E-state index contributed by atoms with van der Waals surface area (Å²) in [7, 11) is 0. The Kier molecular flexibility index (Phi) is 5.68. The Bertz CT molecular complexity index is 932. The molecule has 2 aromatic heterocycles. The lowest BCUT2D eigenvalue weighted by molar-refractivity contribution is 0.0924. The molecule has 27 heavy (non-hydrogen) atoms. The van der Waals surface area contributed by atoms with Gasteiger partial charge in [-0.05, 0) is 42.7 Å². The zero-order valence-electron chi connectivity index (χ0n) is 15.2. The molecule has 1 fully saturated rings. The molecule has 1 N–H and O–H groups in total. The number of carbonyl (C=O) groups excluding carboxylic acids is 1. The number of nitrogens with one attached hydrogen (secondary N) is 1. The maximum absolute atomic E-state index is 12.8. The van der Waals surface area contributed by atoms with Gasteiger partial charge in [0.05, 0.1) is 11.1 Å². The number of pyridine rings is 2. The Morgan fingerprint density at radius 1 is 1.00 bits per heavy atom. The SMILES string of the molecule is O=C(NC1CCCCC1)c1cccnc1SCc1ccnc2ccccc12. The number of para-hydroxylation sites is 1. The zero-order chi connectivity index (χ0) is 18.5. The van der Waals surface area contributed by atoms with Gasteiger partial charge in [-0.3, -0.25) is 9.78 Å². The molecule has 0 bridgehead atoms. The van der Waals surface area contributed by atoms with Crippen LogP contribution in [0.1, 0.15) is 48.0 Å². The molecule has 0 spiro atoms. The molecule has 1 aliphatic rings. The summed E-state index contributed by atoms with van der Waals surface area (Å²) in [4.78, 5) is 21.7. The van der Waals surface area contributed by atoms with E-state index in [1.165, 1.54) is 24.8 Å². The van der Waals surface area contributed by atoms with Gasteiger partial charge in [-0.15, -0.1) is 11.8 Å². The Morgan fingerprint density at radius 2 is 1.85 bits per heavy atom. The quantitative estimate of drug-likeness (QED) is 0.637. The third-order valence-corrected chi connectivity index (χ3v) is 6.11. The third-order valence-electron chi connectivity index (χ3n) is 5.06. The number of hydrogen-bond acceptors (Lipinski definition) is 4. The summed E-state index contributed by atoms with van der Waals surface area (Å²) < 4.78 is 0. The van der Waals surface area contributed by atoms with Crippen LogP contribution in [-0.4, -0.2) is 21.9 Å². The summed E-state index contributed by atoms with van der Waals surface area (Å²) in [6.45, 7) is 0. The van der Waals surface area contributed by atoms with Crippen LogP contribution in [0.15, 0.2) is 59.9 Å². The summed E-state index contributed by atoms with van der Waals surface area (Å²) in [6.07, 6.45) is 9.44. The first kappa shape index (κ1) is 18.0. The van der Waals surface area contributed by atoms with Crippen molar-refractivity contribution in [1.82, 2.24) is 15.3 Å². The molecule has 2 heterocycles. The topological polar surface area (TPSA) is 54.9 Å². The van der Waals surface area contributed by atoms with E-state index in [0.29, 0.717) is 11.6 Å². The number of rotatable bonds is 5. The normalized spacial score (nSPS) is 15.0. The predicted molar refractivity (Wildman–Crippen MR) is 110 cm³/mol. The third kappa shape index (κ3) is 4.30. The van der Waals surface area contributed by atoms with Crippen molar-refractivity contribution in [3.05, 3.63) is 66.0 Å². The number of nitrogens with zero attached hydrogens (tertiary/aromatic N) is 2. The molecule has 1 aromatic carbocycles. The Morgan fingerprint density at radius 3 is 2.74 bits per heavy atom. The lowest BCUT2D eigenvalue weighted by atomic mass is 9.95. The van der Waals surface area contributed by atoms with E-state index in [-0.39, 0.29) is 5.91 Å². The lowest BCUT2D eigenvalue weighted by Crippen LogP contribution is -2.36. The number of thioether (sulfide) groups is 1. The fraction of sp³-hybridized carbons (Fsp3) is 0.318. The van der Waals surface area contributed by atoms with E-state index in [0.717, 1.165) is 34.5 Å². The van der Waals surface area contributed by atoms with Crippen LogP contribution in [0.5, 0.6) is 0 Å². The molecule has 4 nitrogen and oxygen atoms in total. The molecule has 0 saturated heterocycles. The summed E-state index contributed by atoms with van der Waals surface area (Å²) in [6, 6.07) is 14.2. The zero-order valence-corrected chi connectivity index (χ0v) is 16.0. The van der Waals surface area contributed by atoms with Gasteiger partial charge in [0.25, 0.3) is 5.91 Å². The molecule has 1 saturated carbocycles. The maximum Gasteiger partial charge on any atom is 0.254 e. The fourth-order valence-electron chi connectivity index (χ4n) is 3.62. The Balaban J connectivity index is 1.50. The molecule has 1 aliphatic carbocycles. The average molecular weight is 378 g/mol. The lowest BCUT2D eigenvalue weighted by Gasteiger charge is -2.23. The molecular weight excluding hydrogens is 354 g/mol. The van der Waals surface area contributed by atoms with Crippen LogP contribution in [0.4, 0.5) is 0 Å². The summed E-state index contributed by atoms with van der Waals surface area (Å²) in [5, 5.41) is 5.13. The van der Waals surface area contributed by atoms with Gasteiger partial charge in [0.1, 0.15) is 5.03 Å². The highest BCUT2D eigenvalue weighted by molar-refractivity contribution is 7.98. The van der Waals surface area contributed by atoms with Gasteiger partial charge in [-0.1, -0.05) is 37.5 Å². The van der Waals surface area contributed by atoms with Gasteiger partial charge < -0.3 is 5.32 Å². The van der Waals surface area contributed by atoms with Crippen LogP contribution in [0, 0.1) is 0 Å². The first-order valence-corrected chi connectivity index (χ1v) is 10.5. The van der Waals surface area contributed by atoms with E-state index in [2.05, 4.69) is 21.4 Å². The van der Waals surface area contributed by atoms with Crippen molar-refractivity contribution in [3.8, 4) is 0 Å². The number of fused-ring (bicyclic) bond motifs is 1. The molecule has 3 aromatic rings. The van der Waals surface area contributed by atoms with Gasteiger partial charge in [-0.2, -0.15) is 0 Å². The Labute approximate surface area is 163 Å². The first-order valence-electron chi connectivity index (χ1n) is 9.52. The molecule has 5 heteroatoms. The molecule has 138 valence electrons. The van der Waals surface area contributed by atoms with Gasteiger partial charge in [0.2, 0.25) is 0 Å². The second-order valence-electron chi connectivity index (χ2n) is 6.94. The Hall–Kier alpha value is -2.40. The minimum Gasteiger partial charge on any atom is -0.349 e. The molecule has 1 amide bonds. The van der Waals surface area contributed by atoms with E-state index < -0.39 is 0 Å². The van der Waals surface area contributed by atoms with Gasteiger partial charge in [-0.25, -0.2) is 4.98 Å². The van der Waals surface area contributed by atoms with Crippen molar-refractivity contribution < 1.29 is 4.79 Å². The van der Waals surface area contributed by atoms with Crippen molar-refractivity contribution in [2.75, 3.05) is 0 Å². The molecular formula is C22H23N3OS. The van der Waals surface area contributed by atoms with E-state index >= 15 is 0 Å². The summed E-state index contributed by atoms with van der Waals surface area (Å²) in [5.74, 6) is 0.751. The minimum atomic E-state index is -0.00270. The van der Waals surface area contributed by atoms with Crippen LogP contribution in [0.3, 0.4) is 0 Å². The monoisotopic (exact) mass is 377 g/mol. The van der Waals surface area contributed by atoms with Crippen molar-refractivity contribution in [1.29, 1.82) is 0 Å². The second kappa shape index (κ2) is 8.53. The highest BCUT2D eigenvalue weighted by Crippen LogP contribution is 2.28. The fourth-order valence-corrected chi connectivity index (χ4v) is 4.61. The number of benzene rings is 1. The number of hydrogen-bond donors (Lipinski definition) is 1. The molecule has 0 unspecified atom stereocenters. The number of carbonyl (C=O) groups is 1. The smallest absolute Gasteiger partial charge is 0.254 e. The van der Waals surface area contributed by atoms with Crippen LogP contribution in [0.25, 0.3) is 10.9 Å². The highest BCUT2D eigenvalue weighted by Gasteiger charge is 2.19. The average Bonchev–Trinajstić information content (AvgIpc) is 2.73. The number of aromatic nitrogens is 2. The summed E-state index contributed by atoms with van der Waals surface area (Å²) >= 11 is 1.61. The van der Waals surface area contributed by atoms with Crippen LogP contribution in [0.2, 0.25) is 0 Å². The van der Waals surface area contributed by atoms with Crippen molar-refractivity contribution in [2.24, 2.45) is 0 Å². The van der Waals surface area contributed by atoms with E-state index in [1.54, 1.807) is 18.0 Å². The molecule has 0 atom stereocenters. The number of amides is 1. The van der Waals surface area contributed by atoms with E-state index in [9.17, 15) is 4.79 Å². The van der Waals surface area contributed by atoms with Gasteiger partial charge in [0, 0.05) is 29.6 Å². The van der Waals surface area contributed by atoms with Crippen molar-refractivity contribution in [2.45, 2.75) is 48.9 Å². The van der Waals surface area contributed by atoms with Crippen LogP contribution < -0.4 is 5.32 Å². The molecule has 0 radical (unpaired) electrons. The molecule has 0 aliphatic heterocycles. The molecule has 4 rings (SSSR count). The largest absolute Gasteiger partial charge is 0.349 e. The van der Waals surface area contributed by atoms with Crippen molar-refractivity contribution >= 4 is 28.6 Å². The van der Waals surface area contributed by atoms with Crippen molar-refractivity contribution in [3.63, 3.8) is 0 Å².